The minimum Gasteiger partial charge on any atom is -0.477 e. The average Bonchev–Trinajstić information content (AvgIpc) is 2.29. The summed E-state index contributed by atoms with van der Waals surface area (Å²) in [6.07, 6.45) is 1.53. The molecule has 0 unspecified atom stereocenters. The van der Waals surface area contributed by atoms with Crippen molar-refractivity contribution in [1.82, 2.24) is 15.0 Å². The zero-order chi connectivity index (χ0) is 11.5. The SMILES string of the molecule is O=C(O)c1cc(=O)[nH]c(-c2ccccn2)n1. The molecule has 0 aliphatic rings. The van der Waals surface area contributed by atoms with Gasteiger partial charge in [0.1, 0.15) is 5.69 Å². The summed E-state index contributed by atoms with van der Waals surface area (Å²) >= 11 is 0. The molecule has 6 nitrogen and oxygen atoms in total. The van der Waals surface area contributed by atoms with Crippen LogP contribution in [-0.4, -0.2) is 26.0 Å². The Morgan fingerprint density at radius 1 is 1.38 bits per heavy atom. The Morgan fingerprint density at radius 2 is 2.19 bits per heavy atom. The lowest BCUT2D eigenvalue weighted by Gasteiger charge is -2.00. The second kappa shape index (κ2) is 3.93. The van der Waals surface area contributed by atoms with Gasteiger partial charge >= 0.3 is 5.97 Å². The van der Waals surface area contributed by atoms with Gasteiger partial charge in [-0.3, -0.25) is 9.78 Å². The van der Waals surface area contributed by atoms with E-state index in [1.807, 2.05) is 0 Å². The van der Waals surface area contributed by atoms with Gasteiger partial charge in [-0.1, -0.05) is 6.07 Å². The number of nitrogens with one attached hydrogen (secondary N) is 1. The van der Waals surface area contributed by atoms with Gasteiger partial charge < -0.3 is 10.1 Å². The van der Waals surface area contributed by atoms with E-state index in [2.05, 4.69) is 15.0 Å². The zero-order valence-corrected chi connectivity index (χ0v) is 8.04. The third kappa shape index (κ3) is 1.95. The van der Waals surface area contributed by atoms with Crippen LogP contribution in [0.5, 0.6) is 0 Å². The van der Waals surface area contributed by atoms with Gasteiger partial charge in [-0.25, -0.2) is 9.78 Å². The summed E-state index contributed by atoms with van der Waals surface area (Å²) in [5.41, 5.74) is -0.403. The number of hydrogen-bond donors (Lipinski definition) is 2. The van der Waals surface area contributed by atoms with E-state index < -0.39 is 11.5 Å². The smallest absolute Gasteiger partial charge is 0.354 e. The molecule has 0 fully saturated rings. The number of aromatic amines is 1. The molecular weight excluding hydrogens is 210 g/mol. The van der Waals surface area contributed by atoms with Crippen molar-refractivity contribution < 1.29 is 9.90 Å². The summed E-state index contributed by atoms with van der Waals surface area (Å²) in [7, 11) is 0. The van der Waals surface area contributed by atoms with Gasteiger partial charge in [0, 0.05) is 12.3 Å². The Hall–Kier alpha value is -2.50. The van der Waals surface area contributed by atoms with Crippen LogP contribution in [0.4, 0.5) is 0 Å². The molecule has 2 aromatic rings. The molecule has 0 saturated heterocycles. The fourth-order valence-corrected chi connectivity index (χ4v) is 1.19. The highest BCUT2D eigenvalue weighted by atomic mass is 16.4. The fraction of sp³-hybridized carbons (Fsp3) is 0. The first-order chi connectivity index (χ1) is 7.66. The quantitative estimate of drug-likeness (QED) is 0.764. The maximum absolute atomic E-state index is 11.2. The zero-order valence-electron chi connectivity index (χ0n) is 8.04. The van der Waals surface area contributed by atoms with E-state index in [1.165, 1.54) is 6.20 Å². The average molecular weight is 217 g/mol. The van der Waals surface area contributed by atoms with Crippen molar-refractivity contribution in [2.24, 2.45) is 0 Å². The van der Waals surface area contributed by atoms with E-state index in [0.717, 1.165) is 6.07 Å². The van der Waals surface area contributed by atoms with Gasteiger partial charge in [-0.2, -0.15) is 0 Å². The van der Waals surface area contributed by atoms with Crippen molar-refractivity contribution in [2.45, 2.75) is 0 Å². The van der Waals surface area contributed by atoms with Gasteiger partial charge in [-0.05, 0) is 12.1 Å². The maximum atomic E-state index is 11.2. The molecule has 0 aromatic carbocycles. The van der Waals surface area contributed by atoms with Crippen LogP contribution in [0.1, 0.15) is 10.5 Å². The number of nitrogens with zero attached hydrogens (tertiary/aromatic N) is 2. The minimum absolute atomic E-state index is 0.144. The summed E-state index contributed by atoms with van der Waals surface area (Å²) in [6.45, 7) is 0. The molecule has 0 bridgehead atoms. The molecule has 2 heterocycles. The van der Waals surface area contributed by atoms with Gasteiger partial charge in [-0.15, -0.1) is 0 Å². The van der Waals surface area contributed by atoms with Crippen LogP contribution in [0.3, 0.4) is 0 Å². The van der Waals surface area contributed by atoms with Gasteiger partial charge in [0.2, 0.25) is 0 Å². The molecule has 2 aromatic heterocycles. The number of aromatic nitrogens is 3. The van der Waals surface area contributed by atoms with E-state index in [9.17, 15) is 9.59 Å². The molecule has 0 radical (unpaired) electrons. The largest absolute Gasteiger partial charge is 0.477 e. The van der Waals surface area contributed by atoms with Crippen molar-refractivity contribution in [2.75, 3.05) is 0 Å². The minimum atomic E-state index is -1.25. The van der Waals surface area contributed by atoms with Crippen molar-refractivity contribution in [3.05, 3.63) is 46.5 Å². The van der Waals surface area contributed by atoms with Crippen molar-refractivity contribution in [3.63, 3.8) is 0 Å². The van der Waals surface area contributed by atoms with Crippen LogP contribution in [0.15, 0.2) is 35.3 Å². The van der Waals surface area contributed by atoms with Crippen LogP contribution < -0.4 is 5.56 Å². The standard InChI is InChI=1S/C10H7N3O3/c14-8-5-7(10(15)16)12-9(13-8)6-3-1-2-4-11-6/h1-5H,(H,15,16)(H,12,13,14). The molecule has 2 rings (SSSR count). The summed E-state index contributed by atoms with van der Waals surface area (Å²) < 4.78 is 0. The van der Waals surface area contributed by atoms with Crippen LogP contribution in [0, 0.1) is 0 Å². The first-order valence-electron chi connectivity index (χ1n) is 4.43. The summed E-state index contributed by atoms with van der Waals surface area (Å²) in [5.74, 6) is -1.10. The molecule has 16 heavy (non-hydrogen) atoms. The van der Waals surface area contributed by atoms with E-state index in [-0.39, 0.29) is 11.5 Å². The monoisotopic (exact) mass is 217 g/mol. The summed E-state index contributed by atoms with van der Waals surface area (Å²) in [6, 6.07) is 5.98. The Morgan fingerprint density at radius 3 is 2.81 bits per heavy atom. The van der Waals surface area contributed by atoms with Crippen molar-refractivity contribution >= 4 is 5.97 Å². The van der Waals surface area contributed by atoms with E-state index in [4.69, 9.17) is 5.11 Å². The highest BCUT2D eigenvalue weighted by molar-refractivity contribution is 5.85. The van der Waals surface area contributed by atoms with Crippen molar-refractivity contribution in [1.29, 1.82) is 0 Å². The molecule has 0 spiro atoms. The number of carbonyl (C=O) groups is 1. The third-order valence-corrected chi connectivity index (χ3v) is 1.87. The predicted molar refractivity (Wildman–Crippen MR) is 55.0 cm³/mol. The molecule has 0 amide bonds. The summed E-state index contributed by atoms with van der Waals surface area (Å²) in [4.78, 5) is 32.1. The highest BCUT2D eigenvalue weighted by Gasteiger charge is 2.09. The molecule has 0 aliphatic heterocycles. The van der Waals surface area contributed by atoms with Crippen molar-refractivity contribution in [3.8, 4) is 11.5 Å². The number of carboxylic acid groups (broad SMARTS) is 1. The van der Waals surface area contributed by atoms with E-state index >= 15 is 0 Å². The number of aromatic carboxylic acids is 1. The fourth-order valence-electron chi connectivity index (χ4n) is 1.19. The molecule has 6 heteroatoms. The lowest BCUT2D eigenvalue weighted by molar-refractivity contribution is 0.0690. The number of pyridine rings is 1. The lowest BCUT2D eigenvalue weighted by atomic mass is 10.3. The Kier molecular flexibility index (Phi) is 2.47. The second-order valence-electron chi connectivity index (χ2n) is 3.00. The number of H-pyrrole nitrogens is 1. The molecule has 2 N–H and O–H groups in total. The molecule has 0 aliphatic carbocycles. The Bertz CT molecular complexity index is 577. The topological polar surface area (TPSA) is 95.9 Å². The Labute approximate surface area is 89.6 Å². The first kappa shape index (κ1) is 10.0. The maximum Gasteiger partial charge on any atom is 0.354 e. The van der Waals surface area contributed by atoms with Gasteiger partial charge in [0.25, 0.3) is 5.56 Å². The van der Waals surface area contributed by atoms with Crippen LogP contribution in [0.25, 0.3) is 11.5 Å². The van der Waals surface area contributed by atoms with Crippen LogP contribution >= 0.6 is 0 Å². The Balaban J connectivity index is 2.58. The van der Waals surface area contributed by atoms with E-state index in [0.29, 0.717) is 5.69 Å². The van der Waals surface area contributed by atoms with Crippen LogP contribution in [0.2, 0.25) is 0 Å². The van der Waals surface area contributed by atoms with E-state index in [1.54, 1.807) is 18.2 Å². The van der Waals surface area contributed by atoms with Gasteiger partial charge in [0.15, 0.2) is 11.5 Å². The summed E-state index contributed by atoms with van der Waals surface area (Å²) in [5, 5.41) is 8.74. The lowest BCUT2D eigenvalue weighted by Crippen LogP contribution is -2.13. The number of hydrogen-bond acceptors (Lipinski definition) is 4. The number of rotatable bonds is 2. The highest BCUT2D eigenvalue weighted by Crippen LogP contribution is 2.08. The molecule has 0 saturated carbocycles. The van der Waals surface area contributed by atoms with Gasteiger partial charge in [0.05, 0.1) is 0 Å². The van der Waals surface area contributed by atoms with Crippen LogP contribution in [-0.2, 0) is 0 Å². The molecule has 0 atom stereocenters. The first-order valence-corrected chi connectivity index (χ1v) is 4.43. The second-order valence-corrected chi connectivity index (χ2v) is 3.00. The molecular formula is C10H7N3O3. The third-order valence-electron chi connectivity index (χ3n) is 1.87. The predicted octanol–water partition coefficient (Wildman–Crippen LogP) is 0.530. The molecule has 80 valence electrons. The number of carboxylic acids is 1. The normalized spacial score (nSPS) is 10.0.